The molecule has 3 nitrogen and oxygen atoms in total. The molecule has 0 aliphatic rings. The molecule has 0 saturated heterocycles. The van der Waals surface area contributed by atoms with Crippen molar-refractivity contribution in [3.8, 4) is 0 Å². The van der Waals surface area contributed by atoms with E-state index in [1.165, 1.54) is 6.08 Å². The number of amidine groups is 1. The number of rotatable bonds is 2. The summed E-state index contributed by atoms with van der Waals surface area (Å²) in [5, 5.41) is 13.5. The number of nitrogens with one attached hydrogen (secondary N) is 2. The highest BCUT2D eigenvalue weighted by Gasteiger charge is 1.92. The molecular weight excluding hydrogens is 138 g/mol. The summed E-state index contributed by atoms with van der Waals surface area (Å²) in [5.41, 5.74) is 5.49. The molecule has 0 saturated carbocycles. The Labute approximate surface area is 58.5 Å². The van der Waals surface area contributed by atoms with E-state index >= 15 is 0 Å². The largest absolute Gasteiger partial charge is 0.384 e. The van der Waals surface area contributed by atoms with Crippen molar-refractivity contribution in [3.05, 3.63) is 11.6 Å². The van der Waals surface area contributed by atoms with Crippen LogP contribution in [0.5, 0.6) is 0 Å². The highest BCUT2D eigenvalue weighted by molar-refractivity contribution is 6.68. The van der Waals surface area contributed by atoms with Crippen LogP contribution in [0.4, 0.5) is 0 Å². The number of nitrogens with two attached hydrogens (primary N) is 1. The summed E-state index contributed by atoms with van der Waals surface area (Å²) in [6.45, 7) is 1.62. The van der Waals surface area contributed by atoms with Gasteiger partial charge in [0.25, 0.3) is 0 Å². The Morgan fingerprint density at radius 1 is 1.56 bits per heavy atom. The molecule has 0 amide bonds. The molecule has 0 aliphatic heterocycles. The summed E-state index contributed by atoms with van der Waals surface area (Å²) in [6.07, 6.45) is 1.33. The summed E-state index contributed by atoms with van der Waals surface area (Å²) in [6, 6.07) is 0. The van der Waals surface area contributed by atoms with Gasteiger partial charge in [0, 0.05) is 0 Å². The van der Waals surface area contributed by atoms with E-state index in [0.29, 0.717) is 5.57 Å². The predicted octanol–water partition coefficient (Wildman–Crippen LogP) is 1.08. The average Bonchev–Trinajstić information content (AvgIpc) is 1.63. The monoisotopic (exact) mass is 145 g/mol. The first-order chi connectivity index (χ1) is 4.04. The van der Waals surface area contributed by atoms with E-state index in [0.717, 1.165) is 0 Å². The molecule has 0 spiro atoms. The third kappa shape index (κ3) is 3.73. The maximum atomic E-state index is 6.84. The molecule has 0 aromatic carbocycles. The van der Waals surface area contributed by atoms with Crippen LogP contribution in [0.25, 0.3) is 0 Å². The summed E-state index contributed by atoms with van der Waals surface area (Å²) in [7, 11) is 0. The van der Waals surface area contributed by atoms with Crippen LogP contribution in [0.1, 0.15) is 6.92 Å². The number of hydrogen-bond donors (Lipinski definition) is 3. The van der Waals surface area contributed by atoms with Crippen molar-refractivity contribution < 1.29 is 0 Å². The lowest BCUT2D eigenvalue weighted by molar-refractivity contribution is 1.43. The van der Waals surface area contributed by atoms with Crippen LogP contribution < -0.4 is 5.73 Å². The van der Waals surface area contributed by atoms with E-state index < -0.39 is 0 Å². The lowest BCUT2D eigenvalue weighted by Crippen LogP contribution is -2.06. The fourth-order valence-electron chi connectivity index (χ4n) is 0.297. The highest BCUT2D eigenvalue weighted by atomic mass is 35.5. The Balaban J connectivity index is 4.17. The number of hydrogen-bond acceptors (Lipinski definition) is 2. The van der Waals surface area contributed by atoms with Gasteiger partial charge in [-0.05, 0) is 18.6 Å². The third-order valence-corrected chi connectivity index (χ3v) is 1.02. The Hall–Kier alpha value is -0.830. The highest BCUT2D eigenvalue weighted by Crippen LogP contribution is 1.97. The minimum absolute atomic E-state index is 0.0785. The SMILES string of the molecule is C/C(=C/C(=N)N)C(=N)Cl. The van der Waals surface area contributed by atoms with E-state index in [9.17, 15) is 0 Å². The van der Waals surface area contributed by atoms with Gasteiger partial charge in [0.2, 0.25) is 0 Å². The molecule has 0 radical (unpaired) electrons. The van der Waals surface area contributed by atoms with Gasteiger partial charge in [-0.2, -0.15) is 0 Å². The fourth-order valence-corrected chi connectivity index (χ4v) is 0.351. The van der Waals surface area contributed by atoms with Crippen LogP contribution in [0.15, 0.2) is 11.6 Å². The molecule has 50 valence electrons. The van der Waals surface area contributed by atoms with Crippen LogP contribution in [0.3, 0.4) is 0 Å². The lowest BCUT2D eigenvalue weighted by atomic mass is 10.3. The standard InChI is InChI=1S/C5H8ClN3/c1-3(5(6)9)2-4(7)8/h2,9H,1H3,(H3,7,8)/b3-2-,9-5?. The summed E-state index contributed by atoms with van der Waals surface area (Å²) >= 11 is 5.24. The van der Waals surface area contributed by atoms with Gasteiger partial charge in [0.15, 0.2) is 0 Å². The molecule has 0 atom stereocenters. The molecule has 4 heteroatoms. The van der Waals surface area contributed by atoms with Crippen LogP contribution in [0.2, 0.25) is 0 Å². The van der Waals surface area contributed by atoms with Gasteiger partial charge in [-0.3, -0.25) is 10.8 Å². The Morgan fingerprint density at radius 3 is 2.11 bits per heavy atom. The molecule has 0 aromatic rings. The number of halogens is 1. The fraction of sp³-hybridized carbons (Fsp3) is 0.200. The molecule has 0 rings (SSSR count). The van der Waals surface area contributed by atoms with Crippen molar-refractivity contribution in [2.24, 2.45) is 5.73 Å². The van der Waals surface area contributed by atoms with Crippen molar-refractivity contribution >= 4 is 22.6 Å². The predicted molar refractivity (Wildman–Crippen MR) is 39.3 cm³/mol. The minimum Gasteiger partial charge on any atom is -0.384 e. The van der Waals surface area contributed by atoms with Gasteiger partial charge in [0.05, 0.1) is 0 Å². The second kappa shape index (κ2) is 3.25. The van der Waals surface area contributed by atoms with E-state index in [1.807, 2.05) is 0 Å². The first kappa shape index (κ1) is 8.17. The minimum atomic E-state index is -0.0853. The zero-order valence-electron chi connectivity index (χ0n) is 5.03. The normalized spacial score (nSPS) is 11.1. The van der Waals surface area contributed by atoms with Gasteiger partial charge < -0.3 is 5.73 Å². The molecule has 0 fully saturated rings. The quantitative estimate of drug-likeness (QED) is 0.395. The van der Waals surface area contributed by atoms with Gasteiger partial charge in [0.1, 0.15) is 11.0 Å². The third-order valence-electron chi connectivity index (χ3n) is 0.718. The Bertz CT molecular complexity index is 171. The van der Waals surface area contributed by atoms with Crippen LogP contribution in [-0.4, -0.2) is 11.0 Å². The Morgan fingerprint density at radius 2 is 2.00 bits per heavy atom. The molecule has 9 heavy (non-hydrogen) atoms. The average molecular weight is 146 g/mol. The molecule has 0 aromatic heterocycles. The topological polar surface area (TPSA) is 73.7 Å². The van der Waals surface area contributed by atoms with Gasteiger partial charge >= 0.3 is 0 Å². The molecule has 0 unspecified atom stereocenters. The first-order valence-corrected chi connectivity index (χ1v) is 2.68. The summed E-state index contributed by atoms with van der Waals surface area (Å²) < 4.78 is 0. The summed E-state index contributed by atoms with van der Waals surface area (Å²) in [4.78, 5) is 0. The number of allylic oxidation sites excluding steroid dienone is 1. The van der Waals surface area contributed by atoms with Crippen LogP contribution in [-0.2, 0) is 0 Å². The second-order valence-electron chi connectivity index (χ2n) is 1.60. The van der Waals surface area contributed by atoms with Crippen LogP contribution in [0, 0.1) is 10.8 Å². The molecule has 0 bridgehead atoms. The smallest absolute Gasteiger partial charge is 0.123 e. The second-order valence-corrected chi connectivity index (χ2v) is 1.97. The molecule has 0 heterocycles. The van der Waals surface area contributed by atoms with Crippen molar-refractivity contribution in [2.75, 3.05) is 0 Å². The van der Waals surface area contributed by atoms with Crippen molar-refractivity contribution in [1.29, 1.82) is 10.8 Å². The van der Waals surface area contributed by atoms with E-state index in [4.69, 9.17) is 28.2 Å². The van der Waals surface area contributed by atoms with Gasteiger partial charge in [-0.1, -0.05) is 11.6 Å². The van der Waals surface area contributed by atoms with Gasteiger partial charge in [-0.25, -0.2) is 0 Å². The van der Waals surface area contributed by atoms with Crippen molar-refractivity contribution in [1.82, 2.24) is 0 Å². The maximum Gasteiger partial charge on any atom is 0.123 e. The zero-order chi connectivity index (χ0) is 7.44. The van der Waals surface area contributed by atoms with E-state index in [1.54, 1.807) is 6.92 Å². The first-order valence-electron chi connectivity index (χ1n) is 2.31. The lowest BCUT2D eigenvalue weighted by Gasteiger charge is -1.91. The van der Waals surface area contributed by atoms with Gasteiger partial charge in [-0.15, -0.1) is 0 Å². The van der Waals surface area contributed by atoms with E-state index in [2.05, 4.69) is 0 Å². The Kier molecular flexibility index (Phi) is 2.95. The molecule has 0 aliphatic carbocycles. The zero-order valence-corrected chi connectivity index (χ0v) is 5.79. The molecular formula is C5H8ClN3. The van der Waals surface area contributed by atoms with Crippen LogP contribution >= 0.6 is 11.6 Å². The summed E-state index contributed by atoms with van der Waals surface area (Å²) in [5.74, 6) is -0.0853. The van der Waals surface area contributed by atoms with Crippen molar-refractivity contribution in [2.45, 2.75) is 6.92 Å². The van der Waals surface area contributed by atoms with E-state index in [-0.39, 0.29) is 11.0 Å². The maximum absolute atomic E-state index is 6.84. The molecule has 4 N–H and O–H groups in total. The van der Waals surface area contributed by atoms with Crippen molar-refractivity contribution in [3.63, 3.8) is 0 Å².